The molecule has 12 heteroatoms. The molecule has 0 bridgehead atoms. The Hall–Kier alpha value is -4.35. The molecule has 1 aliphatic rings. The smallest absolute Gasteiger partial charge is 0.425 e. The van der Waals surface area contributed by atoms with Crippen LogP contribution in [0.25, 0.3) is 5.69 Å². The number of ether oxygens (including phenoxy) is 1. The van der Waals surface area contributed by atoms with Crippen LogP contribution >= 0.6 is 0 Å². The summed E-state index contributed by atoms with van der Waals surface area (Å²) in [5.74, 6) is -3.52. The van der Waals surface area contributed by atoms with E-state index in [0.29, 0.717) is 0 Å². The van der Waals surface area contributed by atoms with E-state index in [1.165, 1.54) is 55.6 Å². The van der Waals surface area contributed by atoms with Gasteiger partial charge in [0.25, 0.3) is 22.9 Å². The van der Waals surface area contributed by atoms with Gasteiger partial charge < -0.3 is 15.4 Å². The molecule has 9 nitrogen and oxygen atoms in total. The molecule has 2 amide bonds. The normalized spacial score (nSPS) is 17.3. The van der Waals surface area contributed by atoms with Gasteiger partial charge >= 0.3 is 11.9 Å². The van der Waals surface area contributed by atoms with Crippen LogP contribution in [-0.2, 0) is 10.3 Å². The van der Waals surface area contributed by atoms with Gasteiger partial charge in [-0.1, -0.05) is 24.3 Å². The van der Waals surface area contributed by atoms with Crippen LogP contribution in [0.15, 0.2) is 64.2 Å². The number of aromatic amines is 1. The summed E-state index contributed by atoms with van der Waals surface area (Å²) in [7, 11) is 1.30. The number of nitrogens with zero attached hydrogens (tertiary/aromatic N) is 1. The third kappa shape index (κ3) is 3.35. The molecular weight excluding hydrogens is 445 g/mol. The number of alkyl halides is 3. The Labute approximate surface area is 182 Å². The molecule has 170 valence electrons. The number of methoxy groups -OCH3 is 1. The summed E-state index contributed by atoms with van der Waals surface area (Å²) in [6, 6.07) is 12.6. The summed E-state index contributed by atoms with van der Waals surface area (Å²) in [5.41, 5.74) is -7.59. The zero-order valence-electron chi connectivity index (χ0n) is 16.8. The lowest BCUT2D eigenvalue weighted by Crippen LogP contribution is -2.62. The molecule has 0 saturated heterocycles. The standard InChI is InChI=1S/C21H15F3N4O5/c1-33-13-9-5-6-11(10-13)16(29)27-20(21(22,23)24)14-15(25-18(20)31)28(19(32)26-17(14)30)12-7-3-2-4-8-12/h2-10H,1H3,(H,25,31)(H,27,29)(H,26,30,32)/t20-/m0/s1. The van der Waals surface area contributed by atoms with Gasteiger partial charge in [-0.3, -0.25) is 19.4 Å². The second-order valence-electron chi connectivity index (χ2n) is 7.04. The summed E-state index contributed by atoms with van der Waals surface area (Å²) >= 11 is 0. The van der Waals surface area contributed by atoms with Crippen LogP contribution in [0, 0.1) is 0 Å². The molecule has 2 aromatic carbocycles. The number of amides is 2. The van der Waals surface area contributed by atoms with Crippen LogP contribution in [0.4, 0.5) is 19.0 Å². The van der Waals surface area contributed by atoms with Gasteiger partial charge in [0.05, 0.1) is 12.8 Å². The van der Waals surface area contributed by atoms with Crippen LogP contribution in [0.3, 0.4) is 0 Å². The third-order valence-corrected chi connectivity index (χ3v) is 5.13. The first kappa shape index (κ1) is 21.9. The molecule has 0 saturated carbocycles. The minimum Gasteiger partial charge on any atom is -0.497 e. The SMILES string of the molecule is COc1cccc(C(=O)N[C@]2(C(F)(F)F)C(=O)Nc3c2c(=O)[nH]c(=O)n3-c2ccccc2)c1. The maximum atomic E-state index is 14.4. The van der Waals surface area contributed by atoms with Crippen molar-refractivity contribution in [1.82, 2.24) is 14.9 Å². The number of fused-ring (bicyclic) bond motifs is 1. The Morgan fingerprint density at radius 3 is 2.39 bits per heavy atom. The quantitative estimate of drug-likeness (QED) is 0.547. The number of halogens is 3. The topological polar surface area (TPSA) is 122 Å². The minimum absolute atomic E-state index is 0.0902. The highest BCUT2D eigenvalue weighted by atomic mass is 19.4. The zero-order valence-corrected chi connectivity index (χ0v) is 16.8. The molecule has 0 unspecified atom stereocenters. The highest BCUT2D eigenvalue weighted by molar-refractivity contribution is 6.09. The van der Waals surface area contributed by atoms with E-state index in [9.17, 15) is 32.3 Å². The lowest BCUT2D eigenvalue weighted by Gasteiger charge is -2.30. The Bertz CT molecular complexity index is 1380. The number of para-hydroxylation sites is 1. The highest BCUT2D eigenvalue weighted by Gasteiger charge is 2.68. The van der Waals surface area contributed by atoms with E-state index in [1.807, 2.05) is 5.32 Å². The van der Waals surface area contributed by atoms with Crippen molar-refractivity contribution in [1.29, 1.82) is 0 Å². The van der Waals surface area contributed by atoms with E-state index in [0.717, 1.165) is 4.57 Å². The first-order valence-electron chi connectivity index (χ1n) is 9.40. The number of carbonyl (C=O) groups excluding carboxylic acids is 2. The van der Waals surface area contributed by atoms with Crippen LogP contribution < -0.4 is 26.6 Å². The zero-order chi connectivity index (χ0) is 24.0. The fourth-order valence-corrected chi connectivity index (χ4v) is 3.61. The van der Waals surface area contributed by atoms with Gasteiger partial charge in [0.2, 0.25) is 0 Å². The largest absolute Gasteiger partial charge is 0.497 e. The molecular formula is C21H15F3N4O5. The Morgan fingerprint density at radius 2 is 1.76 bits per heavy atom. The number of aromatic nitrogens is 2. The van der Waals surface area contributed by atoms with E-state index in [1.54, 1.807) is 16.4 Å². The molecule has 1 aliphatic heterocycles. The number of benzene rings is 2. The van der Waals surface area contributed by atoms with Crippen LogP contribution in [0.1, 0.15) is 15.9 Å². The molecule has 1 aromatic heterocycles. The van der Waals surface area contributed by atoms with Crippen LogP contribution in [0.5, 0.6) is 5.75 Å². The second-order valence-corrected chi connectivity index (χ2v) is 7.04. The molecule has 0 aliphatic carbocycles. The van der Waals surface area contributed by atoms with Gasteiger partial charge in [-0.05, 0) is 30.3 Å². The van der Waals surface area contributed by atoms with Crippen molar-refractivity contribution in [3.8, 4) is 11.4 Å². The summed E-state index contributed by atoms with van der Waals surface area (Å²) in [6.45, 7) is 0. The molecule has 3 aromatic rings. The number of hydrogen-bond donors (Lipinski definition) is 3. The minimum atomic E-state index is -5.44. The van der Waals surface area contributed by atoms with Gasteiger partial charge in [-0.25, -0.2) is 9.36 Å². The summed E-state index contributed by atoms with van der Waals surface area (Å²) in [4.78, 5) is 52.4. The van der Waals surface area contributed by atoms with Crippen LogP contribution in [-0.4, -0.2) is 34.7 Å². The van der Waals surface area contributed by atoms with Crippen molar-refractivity contribution < 1.29 is 27.5 Å². The van der Waals surface area contributed by atoms with Crippen molar-refractivity contribution in [2.75, 3.05) is 12.4 Å². The molecule has 0 fully saturated rings. The molecule has 3 N–H and O–H groups in total. The summed E-state index contributed by atoms with van der Waals surface area (Å²) < 4.78 is 49.0. The Morgan fingerprint density at radius 1 is 1.06 bits per heavy atom. The maximum Gasteiger partial charge on any atom is 0.425 e. The lowest BCUT2D eigenvalue weighted by molar-refractivity contribution is -0.196. The van der Waals surface area contributed by atoms with E-state index >= 15 is 0 Å². The number of nitrogens with one attached hydrogen (secondary N) is 3. The van der Waals surface area contributed by atoms with E-state index in [4.69, 9.17) is 4.74 Å². The number of rotatable bonds is 4. The fourth-order valence-electron chi connectivity index (χ4n) is 3.61. The Kier molecular flexibility index (Phi) is 5.07. The second kappa shape index (κ2) is 7.65. The van der Waals surface area contributed by atoms with E-state index in [-0.39, 0.29) is 17.0 Å². The van der Waals surface area contributed by atoms with Crippen molar-refractivity contribution >= 4 is 17.6 Å². The predicted molar refractivity (Wildman–Crippen MR) is 109 cm³/mol. The number of H-pyrrole nitrogens is 1. The molecule has 0 spiro atoms. The predicted octanol–water partition coefficient (Wildman–Crippen LogP) is 1.67. The van der Waals surface area contributed by atoms with Crippen molar-refractivity contribution in [2.45, 2.75) is 11.7 Å². The van der Waals surface area contributed by atoms with Crippen LogP contribution in [0.2, 0.25) is 0 Å². The summed E-state index contributed by atoms with van der Waals surface area (Å²) in [6.07, 6.45) is -5.44. The van der Waals surface area contributed by atoms with E-state index in [2.05, 4.69) is 0 Å². The maximum absolute atomic E-state index is 14.4. The number of carbonyl (C=O) groups is 2. The first-order valence-corrected chi connectivity index (χ1v) is 9.40. The van der Waals surface area contributed by atoms with Crippen molar-refractivity contribution in [3.05, 3.63) is 86.6 Å². The molecule has 0 radical (unpaired) electrons. The average molecular weight is 460 g/mol. The fraction of sp³-hybridized carbons (Fsp3) is 0.143. The molecule has 4 rings (SSSR count). The number of anilines is 1. The molecule has 2 heterocycles. The van der Waals surface area contributed by atoms with Gasteiger partial charge in [0.15, 0.2) is 0 Å². The van der Waals surface area contributed by atoms with E-state index < -0.39 is 46.2 Å². The molecule has 1 atom stereocenters. The first-order chi connectivity index (χ1) is 15.6. The molecule has 33 heavy (non-hydrogen) atoms. The Balaban J connectivity index is 1.95. The lowest BCUT2D eigenvalue weighted by atomic mass is 9.91. The van der Waals surface area contributed by atoms with Crippen molar-refractivity contribution in [3.63, 3.8) is 0 Å². The summed E-state index contributed by atoms with van der Waals surface area (Å²) in [5, 5.41) is 3.65. The van der Waals surface area contributed by atoms with Gasteiger partial charge in [0.1, 0.15) is 17.1 Å². The van der Waals surface area contributed by atoms with Gasteiger partial charge in [-0.2, -0.15) is 13.2 Å². The van der Waals surface area contributed by atoms with Gasteiger partial charge in [0, 0.05) is 5.56 Å². The average Bonchev–Trinajstić information content (AvgIpc) is 3.07. The number of hydrogen-bond acceptors (Lipinski definition) is 5. The third-order valence-electron chi connectivity index (χ3n) is 5.13. The monoisotopic (exact) mass is 460 g/mol. The van der Waals surface area contributed by atoms with Crippen molar-refractivity contribution in [2.24, 2.45) is 0 Å². The highest BCUT2D eigenvalue weighted by Crippen LogP contribution is 2.45. The van der Waals surface area contributed by atoms with Gasteiger partial charge in [-0.15, -0.1) is 0 Å².